The molecule has 2 aromatic heterocycles. The predicted octanol–water partition coefficient (Wildman–Crippen LogP) is 3.97. The maximum Gasteiger partial charge on any atom is 0.195 e. The third-order valence-corrected chi connectivity index (χ3v) is 4.70. The number of H-pyrrole nitrogens is 1. The molecule has 6 heteroatoms. The van der Waals surface area contributed by atoms with Gasteiger partial charge >= 0.3 is 0 Å². The van der Waals surface area contributed by atoms with Gasteiger partial charge in [0.1, 0.15) is 0 Å². The first kappa shape index (κ1) is 10.5. The van der Waals surface area contributed by atoms with Gasteiger partial charge in [-0.15, -0.1) is 11.3 Å². The van der Waals surface area contributed by atoms with Crippen molar-refractivity contribution >= 4 is 35.2 Å². The topological polar surface area (TPSA) is 33.6 Å². The van der Waals surface area contributed by atoms with Gasteiger partial charge in [-0.05, 0) is 42.9 Å². The molecule has 3 rings (SSSR count). The number of rotatable bonds is 2. The number of hydrogen-bond acceptors (Lipinski definition) is 3. The molecule has 0 aromatic carbocycles. The van der Waals surface area contributed by atoms with E-state index >= 15 is 0 Å². The van der Waals surface area contributed by atoms with E-state index in [4.69, 9.17) is 23.8 Å². The Kier molecular flexibility index (Phi) is 2.42. The zero-order chi connectivity index (χ0) is 11.3. The van der Waals surface area contributed by atoms with Gasteiger partial charge in [0, 0.05) is 6.04 Å². The minimum atomic E-state index is 0.514. The highest BCUT2D eigenvalue weighted by molar-refractivity contribution is 7.71. The first-order valence-electron chi connectivity index (χ1n) is 5.09. The number of nitrogens with one attached hydrogen (secondary N) is 1. The lowest BCUT2D eigenvalue weighted by molar-refractivity contribution is 0.736. The second-order valence-corrected chi connectivity index (χ2v) is 5.66. The zero-order valence-electron chi connectivity index (χ0n) is 8.66. The number of thiophene rings is 1. The Morgan fingerprint density at radius 1 is 1.62 bits per heavy atom. The Bertz CT molecular complexity index is 591. The van der Waals surface area contributed by atoms with Crippen molar-refractivity contribution in [1.82, 2.24) is 14.8 Å². The van der Waals surface area contributed by atoms with Crippen molar-refractivity contribution in [2.24, 2.45) is 0 Å². The molecule has 0 amide bonds. The van der Waals surface area contributed by atoms with Gasteiger partial charge in [-0.1, -0.05) is 11.6 Å². The molecule has 1 aliphatic carbocycles. The van der Waals surface area contributed by atoms with Gasteiger partial charge in [-0.2, -0.15) is 5.10 Å². The standard InChI is InChI=1S/C10H10ClN3S2/c1-5-4-16-8(7(5)11)9-12-13-10(15)14(9)6-2-3-6/h4,6H,2-3H2,1H3,(H,13,15). The SMILES string of the molecule is Cc1csc(-c2n[nH]c(=S)n2C2CC2)c1Cl. The lowest BCUT2D eigenvalue weighted by Gasteiger charge is -2.02. The fraction of sp³-hybridized carbons (Fsp3) is 0.400. The second kappa shape index (κ2) is 3.68. The van der Waals surface area contributed by atoms with Crippen LogP contribution in [0.15, 0.2) is 5.38 Å². The van der Waals surface area contributed by atoms with Gasteiger partial charge in [0.25, 0.3) is 0 Å². The van der Waals surface area contributed by atoms with Crippen LogP contribution in [0.5, 0.6) is 0 Å². The van der Waals surface area contributed by atoms with Crippen molar-refractivity contribution in [3.8, 4) is 10.7 Å². The summed E-state index contributed by atoms with van der Waals surface area (Å²) in [6, 6.07) is 0.514. The number of aryl methyl sites for hydroxylation is 1. The second-order valence-electron chi connectivity index (χ2n) is 4.02. The molecule has 1 saturated carbocycles. The van der Waals surface area contributed by atoms with Crippen molar-refractivity contribution in [1.29, 1.82) is 0 Å². The van der Waals surface area contributed by atoms with E-state index in [-0.39, 0.29) is 0 Å². The molecule has 84 valence electrons. The first-order chi connectivity index (χ1) is 7.68. The highest BCUT2D eigenvalue weighted by Crippen LogP contribution is 2.41. The largest absolute Gasteiger partial charge is 0.296 e. The van der Waals surface area contributed by atoms with E-state index in [1.807, 2.05) is 12.3 Å². The molecular weight excluding hydrogens is 262 g/mol. The van der Waals surface area contributed by atoms with E-state index in [1.54, 1.807) is 11.3 Å². The van der Waals surface area contributed by atoms with Gasteiger partial charge in [0.2, 0.25) is 0 Å². The van der Waals surface area contributed by atoms with Gasteiger partial charge in [-0.3, -0.25) is 9.67 Å². The quantitative estimate of drug-likeness (QED) is 0.839. The van der Waals surface area contributed by atoms with Crippen LogP contribution in [0.4, 0.5) is 0 Å². The molecule has 0 bridgehead atoms. The Balaban J connectivity index is 2.19. The molecule has 2 aromatic rings. The van der Waals surface area contributed by atoms with Crippen LogP contribution in [0.3, 0.4) is 0 Å². The first-order valence-corrected chi connectivity index (χ1v) is 6.76. The zero-order valence-corrected chi connectivity index (χ0v) is 11.0. The number of hydrogen-bond donors (Lipinski definition) is 1. The Hall–Kier alpha value is -0.650. The predicted molar refractivity (Wildman–Crippen MR) is 68.7 cm³/mol. The molecule has 1 fully saturated rings. The van der Waals surface area contributed by atoms with Crippen LogP contribution < -0.4 is 0 Å². The molecule has 0 radical (unpaired) electrons. The van der Waals surface area contributed by atoms with Crippen LogP contribution in [-0.4, -0.2) is 14.8 Å². The van der Waals surface area contributed by atoms with Crippen LogP contribution in [0.1, 0.15) is 24.4 Å². The summed E-state index contributed by atoms with van der Waals surface area (Å²) < 4.78 is 2.78. The Morgan fingerprint density at radius 2 is 2.38 bits per heavy atom. The average Bonchev–Trinajstić information content (AvgIpc) is 2.96. The average molecular weight is 272 g/mol. The smallest absolute Gasteiger partial charge is 0.195 e. The van der Waals surface area contributed by atoms with Gasteiger partial charge in [0.05, 0.1) is 9.90 Å². The minimum absolute atomic E-state index is 0.514. The van der Waals surface area contributed by atoms with Crippen molar-refractivity contribution < 1.29 is 0 Å². The lowest BCUT2D eigenvalue weighted by atomic mass is 10.3. The van der Waals surface area contributed by atoms with Crippen LogP contribution in [0, 0.1) is 11.7 Å². The minimum Gasteiger partial charge on any atom is -0.296 e. The number of nitrogens with zero attached hydrogens (tertiary/aromatic N) is 2. The van der Waals surface area contributed by atoms with E-state index in [9.17, 15) is 0 Å². The molecule has 1 aliphatic rings. The van der Waals surface area contributed by atoms with Crippen molar-refractivity contribution in [3.63, 3.8) is 0 Å². The molecule has 1 N–H and O–H groups in total. The molecule has 0 atom stereocenters. The molecule has 0 unspecified atom stereocenters. The molecule has 0 aliphatic heterocycles. The van der Waals surface area contributed by atoms with Crippen LogP contribution in [-0.2, 0) is 0 Å². The Morgan fingerprint density at radius 3 is 2.94 bits per heavy atom. The van der Waals surface area contributed by atoms with E-state index in [1.165, 1.54) is 12.8 Å². The molecule has 2 heterocycles. The van der Waals surface area contributed by atoms with Crippen molar-refractivity contribution in [2.75, 3.05) is 0 Å². The van der Waals surface area contributed by atoms with E-state index in [0.717, 1.165) is 21.3 Å². The monoisotopic (exact) mass is 271 g/mol. The number of aromatic amines is 1. The van der Waals surface area contributed by atoms with Gasteiger partial charge < -0.3 is 0 Å². The molecule has 16 heavy (non-hydrogen) atoms. The summed E-state index contributed by atoms with van der Waals surface area (Å²) in [5.74, 6) is 0.885. The molecular formula is C10H10ClN3S2. The maximum absolute atomic E-state index is 6.26. The number of aromatic nitrogens is 3. The third-order valence-electron chi connectivity index (χ3n) is 2.72. The van der Waals surface area contributed by atoms with Gasteiger partial charge in [0.15, 0.2) is 10.6 Å². The highest BCUT2D eigenvalue weighted by atomic mass is 35.5. The summed E-state index contributed by atoms with van der Waals surface area (Å²) >= 11 is 13.1. The van der Waals surface area contributed by atoms with Crippen LogP contribution in [0.25, 0.3) is 10.7 Å². The molecule has 3 nitrogen and oxygen atoms in total. The summed E-state index contributed by atoms with van der Waals surface area (Å²) in [6.45, 7) is 2.01. The summed E-state index contributed by atoms with van der Waals surface area (Å²) in [5, 5.41) is 9.99. The van der Waals surface area contributed by atoms with Crippen molar-refractivity contribution in [2.45, 2.75) is 25.8 Å². The van der Waals surface area contributed by atoms with Crippen LogP contribution >= 0.6 is 35.2 Å². The fourth-order valence-corrected chi connectivity index (χ4v) is 3.26. The maximum atomic E-state index is 6.26. The molecule has 0 saturated heterocycles. The summed E-state index contributed by atoms with van der Waals surface area (Å²) in [7, 11) is 0. The van der Waals surface area contributed by atoms with E-state index < -0.39 is 0 Å². The normalized spacial score (nSPS) is 15.6. The summed E-state index contributed by atoms with van der Waals surface area (Å²) in [4.78, 5) is 1.01. The number of halogens is 1. The molecule has 0 spiro atoms. The fourth-order valence-electron chi connectivity index (χ4n) is 1.72. The van der Waals surface area contributed by atoms with Crippen LogP contribution in [0.2, 0.25) is 5.02 Å². The Labute approximate surface area is 107 Å². The van der Waals surface area contributed by atoms with E-state index in [2.05, 4.69) is 14.8 Å². The third kappa shape index (κ3) is 1.54. The summed E-state index contributed by atoms with van der Waals surface area (Å²) in [5.41, 5.74) is 1.10. The lowest BCUT2D eigenvalue weighted by Crippen LogP contribution is -1.96. The van der Waals surface area contributed by atoms with Crippen molar-refractivity contribution in [3.05, 3.63) is 20.7 Å². The summed E-state index contributed by atoms with van der Waals surface area (Å²) in [6.07, 6.45) is 2.37. The van der Waals surface area contributed by atoms with Gasteiger partial charge in [-0.25, -0.2) is 0 Å². The van der Waals surface area contributed by atoms with E-state index in [0.29, 0.717) is 10.8 Å². The highest BCUT2D eigenvalue weighted by Gasteiger charge is 2.28.